The van der Waals surface area contributed by atoms with Crippen LogP contribution in [0.2, 0.25) is 0 Å². The van der Waals surface area contributed by atoms with Crippen molar-refractivity contribution in [3.05, 3.63) is 53.6 Å². The lowest BCUT2D eigenvalue weighted by atomic mass is 10.1. The quantitative estimate of drug-likeness (QED) is 0.885. The van der Waals surface area contributed by atoms with E-state index in [1.165, 1.54) is 20.3 Å². The van der Waals surface area contributed by atoms with Crippen LogP contribution in [0.15, 0.2) is 42.5 Å². The number of ether oxygens (including phenoxy) is 3. The van der Waals surface area contributed by atoms with E-state index in [1.807, 2.05) is 30.3 Å². The van der Waals surface area contributed by atoms with E-state index < -0.39 is 5.97 Å². The average Bonchev–Trinajstić information content (AvgIpc) is 2.52. The molecule has 21 heavy (non-hydrogen) atoms. The molecule has 0 radical (unpaired) electrons. The van der Waals surface area contributed by atoms with Gasteiger partial charge in [-0.25, -0.2) is 4.79 Å². The Morgan fingerprint density at radius 3 is 2.29 bits per heavy atom. The van der Waals surface area contributed by atoms with Gasteiger partial charge in [-0.3, -0.25) is 0 Å². The molecule has 0 atom stereocenters. The normalized spacial score (nSPS) is 10.0. The summed E-state index contributed by atoms with van der Waals surface area (Å²) in [4.78, 5) is 11.2. The van der Waals surface area contributed by atoms with Crippen molar-refractivity contribution in [2.24, 2.45) is 0 Å². The van der Waals surface area contributed by atoms with Crippen molar-refractivity contribution in [1.29, 1.82) is 0 Å². The van der Waals surface area contributed by atoms with E-state index in [0.717, 1.165) is 5.56 Å². The number of methoxy groups -OCH3 is 2. The van der Waals surface area contributed by atoms with E-state index in [0.29, 0.717) is 5.75 Å². The van der Waals surface area contributed by atoms with Crippen LogP contribution in [0.3, 0.4) is 0 Å². The largest absolute Gasteiger partial charge is 0.493 e. The molecule has 0 heterocycles. The molecule has 2 aromatic rings. The molecule has 0 fully saturated rings. The van der Waals surface area contributed by atoms with Crippen LogP contribution in [0.1, 0.15) is 15.9 Å². The topological polar surface area (TPSA) is 65.0 Å². The summed E-state index contributed by atoms with van der Waals surface area (Å²) in [5, 5.41) is 9.19. The third-order valence-corrected chi connectivity index (χ3v) is 2.96. The second-order valence-corrected chi connectivity index (χ2v) is 4.26. The smallest absolute Gasteiger partial charge is 0.339 e. The van der Waals surface area contributed by atoms with Crippen molar-refractivity contribution >= 4 is 5.97 Å². The maximum Gasteiger partial charge on any atom is 0.339 e. The van der Waals surface area contributed by atoms with Crippen molar-refractivity contribution in [1.82, 2.24) is 0 Å². The molecule has 0 spiro atoms. The molecule has 0 aliphatic carbocycles. The summed E-state index contributed by atoms with van der Waals surface area (Å²) in [5.74, 6) is -0.228. The van der Waals surface area contributed by atoms with Gasteiger partial charge in [0, 0.05) is 0 Å². The van der Waals surface area contributed by atoms with Gasteiger partial charge in [-0.05, 0) is 17.7 Å². The van der Waals surface area contributed by atoms with Crippen LogP contribution in [0.25, 0.3) is 0 Å². The Hall–Kier alpha value is -2.69. The van der Waals surface area contributed by atoms with Gasteiger partial charge in [0.2, 0.25) is 5.75 Å². The number of rotatable bonds is 6. The third kappa shape index (κ3) is 3.25. The number of carboxylic acids is 1. The Morgan fingerprint density at radius 1 is 1.00 bits per heavy atom. The fourth-order valence-corrected chi connectivity index (χ4v) is 1.94. The first kappa shape index (κ1) is 14.7. The number of hydrogen-bond donors (Lipinski definition) is 1. The van der Waals surface area contributed by atoms with Crippen LogP contribution in [-0.4, -0.2) is 25.3 Å². The predicted octanol–water partition coefficient (Wildman–Crippen LogP) is 2.98. The second-order valence-electron chi connectivity index (χ2n) is 4.26. The zero-order valence-electron chi connectivity index (χ0n) is 11.8. The van der Waals surface area contributed by atoms with Gasteiger partial charge in [0.1, 0.15) is 12.2 Å². The molecule has 0 unspecified atom stereocenters. The van der Waals surface area contributed by atoms with E-state index in [9.17, 15) is 9.90 Å². The van der Waals surface area contributed by atoms with Gasteiger partial charge in [0.25, 0.3) is 0 Å². The SMILES string of the molecule is COc1ccc(C(=O)O)c(OC)c1OCc1ccccc1. The van der Waals surface area contributed by atoms with Crippen LogP contribution in [0.4, 0.5) is 0 Å². The highest BCUT2D eigenvalue weighted by Crippen LogP contribution is 2.40. The molecule has 0 amide bonds. The van der Waals surface area contributed by atoms with Crippen molar-refractivity contribution in [2.45, 2.75) is 6.61 Å². The van der Waals surface area contributed by atoms with Crippen LogP contribution in [-0.2, 0) is 6.61 Å². The molecule has 0 saturated carbocycles. The summed E-state index contributed by atoms with van der Waals surface area (Å²) >= 11 is 0. The summed E-state index contributed by atoms with van der Waals surface area (Å²) in [6.07, 6.45) is 0. The van der Waals surface area contributed by atoms with Crippen molar-refractivity contribution in [2.75, 3.05) is 14.2 Å². The van der Waals surface area contributed by atoms with E-state index in [-0.39, 0.29) is 23.7 Å². The summed E-state index contributed by atoms with van der Waals surface area (Å²) < 4.78 is 16.1. The monoisotopic (exact) mass is 288 g/mol. The average molecular weight is 288 g/mol. The first-order chi connectivity index (χ1) is 10.2. The Bertz CT molecular complexity index is 622. The Labute approximate surface area is 122 Å². The standard InChI is InChI=1S/C16H16O5/c1-19-13-9-8-12(16(17)18)14(20-2)15(13)21-10-11-6-4-3-5-7-11/h3-9H,10H2,1-2H3,(H,17,18). The van der Waals surface area contributed by atoms with Gasteiger partial charge in [0.05, 0.1) is 14.2 Å². The Balaban J connectivity index is 2.35. The zero-order valence-corrected chi connectivity index (χ0v) is 11.8. The summed E-state index contributed by atoms with van der Waals surface area (Å²) in [6, 6.07) is 12.5. The summed E-state index contributed by atoms with van der Waals surface area (Å²) in [6.45, 7) is 0.288. The number of benzene rings is 2. The van der Waals surface area contributed by atoms with Gasteiger partial charge in [0.15, 0.2) is 11.5 Å². The molecule has 110 valence electrons. The number of carboxylic acid groups (broad SMARTS) is 1. The molecule has 0 aliphatic heterocycles. The molecule has 0 saturated heterocycles. The molecular weight excluding hydrogens is 272 g/mol. The van der Waals surface area contributed by atoms with Crippen LogP contribution < -0.4 is 14.2 Å². The Kier molecular flexibility index (Phi) is 4.66. The van der Waals surface area contributed by atoms with Gasteiger partial charge in [-0.15, -0.1) is 0 Å². The van der Waals surface area contributed by atoms with Gasteiger partial charge >= 0.3 is 5.97 Å². The number of carbonyl (C=O) groups is 1. The van der Waals surface area contributed by atoms with Gasteiger partial charge in [-0.2, -0.15) is 0 Å². The summed E-state index contributed by atoms with van der Waals surface area (Å²) in [7, 11) is 2.89. The number of hydrogen-bond acceptors (Lipinski definition) is 4. The van der Waals surface area contributed by atoms with Crippen LogP contribution in [0, 0.1) is 0 Å². The van der Waals surface area contributed by atoms with Crippen LogP contribution in [0.5, 0.6) is 17.2 Å². The predicted molar refractivity (Wildman–Crippen MR) is 77.3 cm³/mol. The first-order valence-corrected chi connectivity index (χ1v) is 6.32. The van der Waals surface area contributed by atoms with Gasteiger partial charge < -0.3 is 19.3 Å². The number of aromatic carboxylic acids is 1. The minimum absolute atomic E-state index is 0.0290. The molecule has 0 aliphatic rings. The molecule has 0 aromatic heterocycles. The van der Waals surface area contributed by atoms with Crippen molar-refractivity contribution < 1.29 is 24.1 Å². The van der Waals surface area contributed by atoms with Crippen molar-refractivity contribution in [3.63, 3.8) is 0 Å². The molecular formula is C16H16O5. The fourth-order valence-electron chi connectivity index (χ4n) is 1.94. The van der Waals surface area contributed by atoms with Crippen LogP contribution >= 0.6 is 0 Å². The molecule has 0 bridgehead atoms. The van der Waals surface area contributed by atoms with E-state index in [2.05, 4.69) is 0 Å². The third-order valence-electron chi connectivity index (χ3n) is 2.96. The molecule has 2 rings (SSSR count). The molecule has 1 N–H and O–H groups in total. The highest BCUT2D eigenvalue weighted by atomic mass is 16.5. The van der Waals surface area contributed by atoms with E-state index in [1.54, 1.807) is 6.07 Å². The molecule has 2 aromatic carbocycles. The molecule has 5 nitrogen and oxygen atoms in total. The highest BCUT2D eigenvalue weighted by Gasteiger charge is 2.20. The summed E-state index contributed by atoms with van der Waals surface area (Å²) in [5.41, 5.74) is 0.990. The maximum absolute atomic E-state index is 11.2. The fraction of sp³-hybridized carbons (Fsp3) is 0.188. The van der Waals surface area contributed by atoms with E-state index in [4.69, 9.17) is 14.2 Å². The minimum Gasteiger partial charge on any atom is -0.493 e. The van der Waals surface area contributed by atoms with E-state index >= 15 is 0 Å². The Morgan fingerprint density at radius 2 is 1.71 bits per heavy atom. The lowest BCUT2D eigenvalue weighted by Gasteiger charge is -2.16. The first-order valence-electron chi connectivity index (χ1n) is 6.32. The minimum atomic E-state index is -1.08. The second kappa shape index (κ2) is 6.65. The zero-order chi connectivity index (χ0) is 15.2. The lowest BCUT2D eigenvalue weighted by Crippen LogP contribution is -2.05. The van der Waals surface area contributed by atoms with Gasteiger partial charge in [-0.1, -0.05) is 30.3 Å². The maximum atomic E-state index is 11.2. The van der Waals surface area contributed by atoms with Crippen molar-refractivity contribution in [3.8, 4) is 17.2 Å². The molecule has 5 heteroatoms. The highest BCUT2D eigenvalue weighted by molar-refractivity contribution is 5.92. The lowest BCUT2D eigenvalue weighted by molar-refractivity contribution is 0.0692.